The van der Waals surface area contributed by atoms with Gasteiger partial charge in [-0.05, 0) is 42.8 Å². The summed E-state index contributed by atoms with van der Waals surface area (Å²) in [6, 6.07) is 17.7. The fourth-order valence-electron chi connectivity index (χ4n) is 3.83. The van der Waals surface area contributed by atoms with Crippen LogP contribution in [-0.4, -0.2) is 20.5 Å². The molecule has 2 aliphatic heterocycles. The van der Waals surface area contributed by atoms with Crippen molar-refractivity contribution in [2.24, 2.45) is 4.99 Å². The molecule has 0 amide bonds. The average molecular weight is 521 g/mol. The molecular formula is C22H14BrCl3N4. The van der Waals surface area contributed by atoms with Crippen LogP contribution >= 0.6 is 50.7 Å². The number of para-hydroxylation sites is 1. The summed E-state index contributed by atoms with van der Waals surface area (Å²) in [6.45, 7) is 1.98. The molecule has 30 heavy (non-hydrogen) atoms. The van der Waals surface area contributed by atoms with Gasteiger partial charge in [0.1, 0.15) is 5.16 Å². The molecule has 0 saturated carbocycles. The number of hydrogen-bond donors (Lipinski definition) is 0. The fraction of sp³-hybridized carbons (Fsp3) is 0.0909. The molecule has 150 valence electrons. The molecule has 2 aliphatic rings. The van der Waals surface area contributed by atoms with E-state index >= 15 is 0 Å². The van der Waals surface area contributed by atoms with E-state index in [4.69, 9.17) is 44.9 Å². The van der Waals surface area contributed by atoms with E-state index in [1.807, 2.05) is 65.0 Å². The predicted octanol–water partition coefficient (Wildman–Crippen LogP) is 7.16. The highest BCUT2D eigenvalue weighted by atomic mass is 79.9. The number of aliphatic imine (C=N–C) groups is 1. The molecule has 5 rings (SSSR count). The number of benzene rings is 2. The number of amidine groups is 1. The van der Waals surface area contributed by atoms with E-state index in [0.717, 1.165) is 32.8 Å². The summed E-state index contributed by atoms with van der Waals surface area (Å²) >= 11 is 23.2. The summed E-state index contributed by atoms with van der Waals surface area (Å²) in [4.78, 5) is 6.76. The van der Waals surface area contributed by atoms with E-state index in [2.05, 4.69) is 22.0 Å². The summed E-state index contributed by atoms with van der Waals surface area (Å²) in [5, 5.41) is 5.98. The monoisotopic (exact) mass is 518 g/mol. The van der Waals surface area contributed by atoms with Crippen LogP contribution in [-0.2, 0) is 0 Å². The van der Waals surface area contributed by atoms with Crippen molar-refractivity contribution in [1.29, 1.82) is 0 Å². The molecule has 3 heterocycles. The summed E-state index contributed by atoms with van der Waals surface area (Å²) in [6.07, 6.45) is 1.62. The van der Waals surface area contributed by atoms with Gasteiger partial charge in [0.2, 0.25) is 0 Å². The molecule has 1 atom stereocenters. The molecule has 8 heteroatoms. The second-order valence-corrected chi connectivity index (χ2v) is 9.05. The minimum Gasteiger partial charge on any atom is -0.302 e. The Kier molecular flexibility index (Phi) is 5.02. The standard InChI is InChI=1S/C22H14BrCl3N4/c1-12-18-19(13-6-5-7-14(23)10-13)29-20(26)16(24)11-17(25)21(29)27-22(18)30(28-12)15-8-3-2-4-9-15/h2-11,19H,1H3/t19-/m0/s1. The number of hydrogen-bond acceptors (Lipinski definition) is 3. The van der Waals surface area contributed by atoms with Crippen molar-refractivity contribution < 1.29 is 0 Å². The van der Waals surface area contributed by atoms with Crippen LogP contribution < -0.4 is 0 Å². The molecule has 2 aromatic carbocycles. The van der Waals surface area contributed by atoms with Crippen LogP contribution in [0.5, 0.6) is 0 Å². The van der Waals surface area contributed by atoms with E-state index in [1.54, 1.807) is 6.08 Å². The van der Waals surface area contributed by atoms with Crippen molar-refractivity contribution in [2.45, 2.75) is 13.0 Å². The number of fused-ring (bicyclic) bond motifs is 2. The Balaban J connectivity index is 1.82. The molecule has 4 nitrogen and oxygen atoms in total. The Morgan fingerprint density at radius 3 is 2.50 bits per heavy atom. The van der Waals surface area contributed by atoms with Crippen molar-refractivity contribution in [3.63, 3.8) is 0 Å². The Labute approximate surface area is 197 Å². The lowest BCUT2D eigenvalue weighted by Gasteiger charge is -2.39. The first-order chi connectivity index (χ1) is 14.5. The van der Waals surface area contributed by atoms with Crippen LogP contribution in [0.2, 0.25) is 0 Å². The highest BCUT2D eigenvalue weighted by Gasteiger charge is 2.40. The molecule has 0 radical (unpaired) electrons. The van der Waals surface area contributed by atoms with E-state index < -0.39 is 0 Å². The zero-order chi connectivity index (χ0) is 21.0. The average Bonchev–Trinajstić information content (AvgIpc) is 3.08. The highest BCUT2D eigenvalue weighted by Crippen LogP contribution is 2.48. The topological polar surface area (TPSA) is 33.4 Å². The van der Waals surface area contributed by atoms with Gasteiger partial charge >= 0.3 is 0 Å². The van der Waals surface area contributed by atoms with Gasteiger partial charge < -0.3 is 4.90 Å². The quantitative estimate of drug-likeness (QED) is 0.336. The molecule has 0 saturated heterocycles. The van der Waals surface area contributed by atoms with E-state index in [-0.39, 0.29) is 6.04 Å². The van der Waals surface area contributed by atoms with Crippen LogP contribution in [0.3, 0.4) is 0 Å². The summed E-state index contributed by atoms with van der Waals surface area (Å²) in [5.74, 6) is 1.27. The maximum absolute atomic E-state index is 6.68. The summed E-state index contributed by atoms with van der Waals surface area (Å²) in [5.41, 5.74) is 3.74. The van der Waals surface area contributed by atoms with Crippen molar-refractivity contribution in [3.05, 3.63) is 97.2 Å². The van der Waals surface area contributed by atoms with Crippen molar-refractivity contribution >= 4 is 62.4 Å². The number of aromatic nitrogens is 2. The molecule has 0 spiro atoms. The van der Waals surface area contributed by atoms with Gasteiger partial charge in [-0.15, -0.1) is 0 Å². The lowest BCUT2D eigenvalue weighted by Crippen LogP contribution is -2.38. The van der Waals surface area contributed by atoms with Crippen molar-refractivity contribution in [3.8, 4) is 5.69 Å². The number of nitrogens with zero attached hydrogens (tertiary/aromatic N) is 4. The molecule has 0 N–H and O–H groups in total. The SMILES string of the molecule is Cc1nn(-c2ccccc2)c2c1[C@H](c1cccc(Br)c1)N1C(=N2)C(Cl)=CC(Cl)=C1Cl. The van der Waals surface area contributed by atoms with Gasteiger partial charge in [-0.1, -0.05) is 81.1 Å². The van der Waals surface area contributed by atoms with Gasteiger partial charge in [0.15, 0.2) is 11.7 Å². The third-order valence-corrected chi connectivity index (χ3v) is 6.64. The molecule has 0 aliphatic carbocycles. The number of halogens is 4. The lowest BCUT2D eigenvalue weighted by atomic mass is 9.94. The largest absolute Gasteiger partial charge is 0.302 e. The minimum atomic E-state index is -0.286. The van der Waals surface area contributed by atoms with Gasteiger partial charge in [0.05, 0.1) is 27.5 Å². The third kappa shape index (κ3) is 3.12. The fourth-order valence-corrected chi connectivity index (χ4v) is 4.97. The smallest absolute Gasteiger partial charge is 0.164 e. The first-order valence-electron chi connectivity index (χ1n) is 9.17. The van der Waals surface area contributed by atoms with Gasteiger partial charge in [0.25, 0.3) is 0 Å². The summed E-state index contributed by atoms with van der Waals surface area (Å²) < 4.78 is 2.81. The van der Waals surface area contributed by atoms with Crippen LogP contribution in [0.1, 0.15) is 22.9 Å². The first kappa shape index (κ1) is 19.9. The molecule has 1 aromatic heterocycles. The van der Waals surface area contributed by atoms with Crippen LogP contribution in [0.15, 0.2) is 85.4 Å². The maximum Gasteiger partial charge on any atom is 0.164 e. The van der Waals surface area contributed by atoms with E-state index in [0.29, 0.717) is 21.1 Å². The van der Waals surface area contributed by atoms with E-state index in [9.17, 15) is 0 Å². The summed E-state index contributed by atoms with van der Waals surface area (Å²) in [7, 11) is 0. The Bertz CT molecular complexity index is 1260. The molecular weight excluding hydrogens is 507 g/mol. The number of aryl methyl sites for hydroxylation is 1. The predicted molar refractivity (Wildman–Crippen MR) is 126 cm³/mol. The van der Waals surface area contributed by atoms with Gasteiger partial charge in [-0.2, -0.15) is 5.10 Å². The number of rotatable bonds is 2. The zero-order valence-electron chi connectivity index (χ0n) is 15.7. The van der Waals surface area contributed by atoms with Crippen molar-refractivity contribution in [2.75, 3.05) is 0 Å². The maximum atomic E-state index is 6.68. The minimum absolute atomic E-state index is 0.286. The van der Waals surface area contributed by atoms with Crippen molar-refractivity contribution in [1.82, 2.24) is 14.7 Å². The van der Waals surface area contributed by atoms with E-state index in [1.165, 1.54) is 0 Å². The molecule has 0 unspecified atom stereocenters. The number of allylic oxidation sites excluding steroid dienone is 2. The molecule has 0 fully saturated rings. The van der Waals surface area contributed by atoms with Crippen LogP contribution in [0.4, 0.5) is 5.82 Å². The Morgan fingerprint density at radius 1 is 1.00 bits per heavy atom. The Hall–Kier alpha value is -2.05. The lowest BCUT2D eigenvalue weighted by molar-refractivity contribution is 0.448. The first-order valence-corrected chi connectivity index (χ1v) is 11.1. The highest BCUT2D eigenvalue weighted by molar-refractivity contribution is 9.10. The van der Waals surface area contributed by atoms with Crippen LogP contribution in [0, 0.1) is 6.92 Å². The second kappa shape index (κ2) is 7.57. The Morgan fingerprint density at radius 2 is 1.77 bits per heavy atom. The van der Waals surface area contributed by atoms with Gasteiger partial charge in [0, 0.05) is 10.0 Å². The zero-order valence-corrected chi connectivity index (χ0v) is 19.5. The molecule has 0 bridgehead atoms. The normalized spacial score (nSPS) is 18.0. The molecule has 3 aromatic rings. The van der Waals surface area contributed by atoms with Gasteiger partial charge in [-0.25, -0.2) is 9.67 Å². The second-order valence-electron chi connectivity index (χ2n) is 6.96. The van der Waals surface area contributed by atoms with Gasteiger partial charge in [-0.3, -0.25) is 0 Å². The third-order valence-electron chi connectivity index (χ3n) is 5.09. The van der Waals surface area contributed by atoms with Crippen LogP contribution in [0.25, 0.3) is 5.69 Å².